The van der Waals surface area contributed by atoms with Gasteiger partial charge in [-0.2, -0.15) is 0 Å². The summed E-state index contributed by atoms with van der Waals surface area (Å²) in [6, 6.07) is 9.80. The summed E-state index contributed by atoms with van der Waals surface area (Å²) in [6.45, 7) is 0.253. The molecule has 0 spiro atoms. The maximum Gasteiger partial charge on any atom is 0.573 e. The van der Waals surface area contributed by atoms with Crippen molar-refractivity contribution < 1.29 is 27.1 Å². The Morgan fingerprint density at radius 3 is 2.76 bits per heavy atom. The van der Waals surface area contributed by atoms with Gasteiger partial charge in [0.15, 0.2) is 0 Å². The largest absolute Gasteiger partial charge is 0.573 e. The SMILES string of the molecule is Cn1c(CCNC(=O)/C=C/c2ccccc2OC(F)(F)F)nc2ccc(F)cc21. The smallest absolute Gasteiger partial charge is 0.405 e. The molecule has 0 saturated heterocycles. The molecule has 9 heteroatoms. The number of aromatic nitrogens is 2. The summed E-state index contributed by atoms with van der Waals surface area (Å²) < 4.78 is 56.3. The van der Waals surface area contributed by atoms with Crippen LogP contribution in [0.25, 0.3) is 17.1 Å². The van der Waals surface area contributed by atoms with Crippen LogP contribution in [-0.2, 0) is 18.3 Å². The number of hydrogen-bond donors (Lipinski definition) is 1. The first-order chi connectivity index (χ1) is 13.7. The Morgan fingerprint density at radius 1 is 1.24 bits per heavy atom. The summed E-state index contributed by atoms with van der Waals surface area (Å²) in [5, 5.41) is 2.64. The minimum atomic E-state index is -4.82. The number of rotatable bonds is 6. The highest BCUT2D eigenvalue weighted by Gasteiger charge is 2.31. The molecule has 1 amide bonds. The molecule has 2 aromatic carbocycles. The van der Waals surface area contributed by atoms with Crippen molar-refractivity contribution in [2.24, 2.45) is 7.05 Å². The van der Waals surface area contributed by atoms with E-state index in [4.69, 9.17) is 0 Å². The van der Waals surface area contributed by atoms with Gasteiger partial charge in [0, 0.05) is 31.7 Å². The molecule has 0 unspecified atom stereocenters. The van der Waals surface area contributed by atoms with Crippen LogP contribution in [0, 0.1) is 5.82 Å². The number of nitrogens with one attached hydrogen (secondary N) is 1. The van der Waals surface area contributed by atoms with Gasteiger partial charge in [-0.15, -0.1) is 13.2 Å². The van der Waals surface area contributed by atoms with E-state index in [2.05, 4.69) is 15.0 Å². The van der Waals surface area contributed by atoms with Crippen LogP contribution in [0.15, 0.2) is 48.5 Å². The Hall–Kier alpha value is -3.36. The van der Waals surface area contributed by atoms with Crippen LogP contribution in [-0.4, -0.2) is 28.4 Å². The van der Waals surface area contributed by atoms with Gasteiger partial charge in [-0.3, -0.25) is 4.79 Å². The van der Waals surface area contributed by atoms with Crippen molar-refractivity contribution in [2.45, 2.75) is 12.8 Å². The number of halogens is 4. The van der Waals surface area contributed by atoms with Crippen LogP contribution < -0.4 is 10.1 Å². The zero-order valence-corrected chi connectivity index (χ0v) is 15.3. The van der Waals surface area contributed by atoms with Crippen molar-refractivity contribution in [3.63, 3.8) is 0 Å². The number of alkyl halides is 3. The standard InChI is InChI=1S/C20H17F4N3O2/c1-27-16-12-14(21)7-8-15(16)26-18(27)10-11-25-19(28)9-6-13-4-2-3-5-17(13)29-20(22,23)24/h2-9,12H,10-11H2,1H3,(H,25,28)/b9-6+. The van der Waals surface area contributed by atoms with E-state index in [-0.39, 0.29) is 17.9 Å². The van der Waals surface area contributed by atoms with E-state index in [0.717, 1.165) is 6.08 Å². The highest BCUT2D eigenvalue weighted by atomic mass is 19.4. The minimum Gasteiger partial charge on any atom is -0.405 e. The Morgan fingerprint density at radius 2 is 2.00 bits per heavy atom. The molecular formula is C20H17F4N3O2. The quantitative estimate of drug-likeness (QED) is 0.497. The fourth-order valence-corrected chi connectivity index (χ4v) is 2.79. The van der Waals surface area contributed by atoms with Gasteiger partial charge in [-0.25, -0.2) is 9.37 Å². The number of fused-ring (bicyclic) bond motifs is 1. The van der Waals surface area contributed by atoms with Crippen LogP contribution in [0.3, 0.4) is 0 Å². The molecule has 0 bridgehead atoms. The van der Waals surface area contributed by atoms with Gasteiger partial charge in [0.2, 0.25) is 5.91 Å². The van der Waals surface area contributed by atoms with Gasteiger partial charge in [0.1, 0.15) is 17.4 Å². The van der Waals surface area contributed by atoms with Crippen molar-refractivity contribution in [2.75, 3.05) is 6.54 Å². The predicted molar refractivity (Wildman–Crippen MR) is 99.5 cm³/mol. The molecular weight excluding hydrogens is 390 g/mol. The number of benzene rings is 2. The lowest BCUT2D eigenvalue weighted by Crippen LogP contribution is -2.24. The van der Waals surface area contributed by atoms with Crippen LogP contribution in [0.5, 0.6) is 5.75 Å². The third kappa shape index (κ3) is 5.34. The van der Waals surface area contributed by atoms with Gasteiger partial charge in [0.25, 0.3) is 0 Å². The average molecular weight is 407 g/mol. The number of carbonyl (C=O) groups is 1. The van der Waals surface area contributed by atoms with E-state index in [1.807, 2.05) is 0 Å². The van der Waals surface area contributed by atoms with Crippen LogP contribution in [0.1, 0.15) is 11.4 Å². The van der Waals surface area contributed by atoms with Crippen LogP contribution in [0.4, 0.5) is 17.6 Å². The summed E-state index contributed by atoms with van der Waals surface area (Å²) in [4.78, 5) is 16.4. The van der Waals surface area contributed by atoms with Gasteiger partial charge in [-0.05, 0) is 30.3 Å². The maximum atomic E-state index is 13.4. The molecule has 1 N–H and O–H groups in total. The average Bonchev–Trinajstić information content (AvgIpc) is 2.95. The highest BCUT2D eigenvalue weighted by Crippen LogP contribution is 2.27. The van der Waals surface area contributed by atoms with E-state index in [1.165, 1.54) is 42.5 Å². The Kier molecular flexibility index (Phi) is 5.86. The molecule has 3 rings (SSSR count). The first-order valence-electron chi connectivity index (χ1n) is 8.64. The molecule has 0 aliphatic heterocycles. The monoisotopic (exact) mass is 407 g/mol. The van der Waals surface area contributed by atoms with Gasteiger partial charge in [0.05, 0.1) is 11.0 Å². The predicted octanol–water partition coefficient (Wildman–Crippen LogP) is 3.98. The van der Waals surface area contributed by atoms with Gasteiger partial charge < -0.3 is 14.6 Å². The van der Waals surface area contributed by atoms with Crippen molar-refractivity contribution in [3.05, 3.63) is 65.7 Å². The first kappa shape index (κ1) is 20.4. The maximum absolute atomic E-state index is 13.4. The lowest BCUT2D eigenvalue weighted by molar-refractivity contribution is -0.274. The lowest BCUT2D eigenvalue weighted by atomic mass is 10.2. The fourth-order valence-electron chi connectivity index (χ4n) is 2.79. The number of aryl methyl sites for hydroxylation is 1. The molecule has 1 aromatic heterocycles. The number of para-hydroxylation sites is 1. The summed E-state index contributed by atoms with van der Waals surface area (Å²) in [7, 11) is 1.75. The molecule has 1 heterocycles. The van der Waals surface area contributed by atoms with Crippen molar-refractivity contribution in [1.82, 2.24) is 14.9 Å². The van der Waals surface area contributed by atoms with Crippen molar-refractivity contribution >= 4 is 23.0 Å². The molecule has 3 aromatic rings. The molecule has 0 radical (unpaired) electrons. The minimum absolute atomic E-state index is 0.123. The second-order valence-corrected chi connectivity index (χ2v) is 6.18. The summed E-state index contributed by atoms with van der Waals surface area (Å²) >= 11 is 0. The zero-order chi connectivity index (χ0) is 21.0. The second-order valence-electron chi connectivity index (χ2n) is 6.18. The fraction of sp³-hybridized carbons (Fsp3) is 0.200. The Balaban J connectivity index is 1.59. The first-order valence-corrected chi connectivity index (χ1v) is 8.64. The number of hydrogen-bond acceptors (Lipinski definition) is 3. The van der Waals surface area contributed by atoms with E-state index in [9.17, 15) is 22.4 Å². The molecule has 152 valence electrons. The van der Waals surface area contributed by atoms with Crippen LogP contribution >= 0.6 is 0 Å². The second kappa shape index (κ2) is 8.34. The third-order valence-electron chi connectivity index (χ3n) is 4.14. The van der Waals surface area contributed by atoms with Crippen molar-refractivity contribution in [3.8, 4) is 5.75 Å². The molecule has 5 nitrogen and oxygen atoms in total. The Bertz CT molecular complexity index is 1060. The molecule has 0 aliphatic rings. The van der Waals surface area contributed by atoms with Gasteiger partial charge >= 0.3 is 6.36 Å². The Labute approximate surface area is 163 Å². The van der Waals surface area contributed by atoms with E-state index >= 15 is 0 Å². The number of nitrogens with zero attached hydrogens (tertiary/aromatic N) is 2. The number of carbonyl (C=O) groups excluding carboxylic acids is 1. The van der Waals surface area contributed by atoms with E-state index in [1.54, 1.807) is 17.7 Å². The van der Waals surface area contributed by atoms with E-state index in [0.29, 0.717) is 23.3 Å². The molecule has 0 fully saturated rings. The zero-order valence-electron chi connectivity index (χ0n) is 15.3. The molecule has 29 heavy (non-hydrogen) atoms. The van der Waals surface area contributed by atoms with Crippen LogP contribution in [0.2, 0.25) is 0 Å². The topological polar surface area (TPSA) is 56.2 Å². The van der Waals surface area contributed by atoms with E-state index < -0.39 is 18.0 Å². The third-order valence-corrected chi connectivity index (χ3v) is 4.14. The number of amides is 1. The highest BCUT2D eigenvalue weighted by molar-refractivity contribution is 5.92. The lowest BCUT2D eigenvalue weighted by Gasteiger charge is -2.10. The summed E-state index contributed by atoms with van der Waals surface area (Å²) in [5.41, 5.74) is 1.42. The van der Waals surface area contributed by atoms with Crippen molar-refractivity contribution in [1.29, 1.82) is 0 Å². The normalized spacial score (nSPS) is 11.9. The number of imidazole rings is 1. The number of ether oxygens (including phenoxy) is 1. The summed E-state index contributed by atoms with van der Waals surface area (Å²) in [5.74, 6) is -0.563. The molecule has 0 saturated carbocycles. The molecule has 0 atom stereocenters. The van der Waals surface area contributed by atoms with Gasteiger partial charge in [-0.1, -0.05) is 18.2 Å². The molecule has 0 aliphatic carbocycles. The summed E-state index contributed by atoms with van der Waals surface area (Å²) in [6.07, 6.45) is -2.04.